The fourth-order valence-corrected chi connectivity index (χ4v) is 3.14. The smallest absolute Gasteiger partial charge is 0.407 e. The molecule has 2 aliphatic rings. The van der Waals surface area contributed by atoms with Gasteiger partial charge in [0.2, 0.25) is 5.91 Å². The summed E-state index contributed by atoms with van der Waals surface area (Å²) in [7, 11) is 0. The van der Waals surface area contributed by atoms with Gasteiger partial charge in [-0.25, -0.2) is 4.79 Å². The van der Waals surface area contributed by atoms with E-state index in [0.29, 0.717) is 38.2 Å². The summed E-state index contributed by atoms with van der Waals surface area (Å²) >= 11 is 0. The number of nitrogens with zero attached hydrogens (tertiary/aromatic N) is 4. The zero-order valence-corrected chi connectivity index (χ0v) is 12.1. The number of aromatic nitrogens is 2. The van der Waals surface area contributed by atoms with Crippen LogP contribution in [0.25, 0.3) is 0 Å². The van der Waals surface area contributed by atoms with Gasteiger partial charge in [-0.3, -0.25) is 9.69 Å². The minimum atomic E-state index is -1.05. The lowest BCUT2D eigenvalue weighted by molar-refractivity contribution is -0.138. The number of hydrogen-bond donors (Lipinski definition) is 2. The average molecular weight is 309 g/mol. The summed E-state index contributed by atoms with van der Waals surface area (Å²) in [5.74, 6) is 0.465. The molecule has 2 aliphatic heterocycles. The Morgan fingerprint density at radius 3 is 2.73 bits per heavy atom. The molecule has 9 heteroatoms. The first kappa shape index (κ1) is 14.8. The molecule has 0 aromatic carbocycles. The molecule has 0 saturated carbocycles. The summed E-state index contributed by atoms with van der Waals surface area (Å²) in [5.41, 5.74) is 0. The van der Waals surface area contributed by atoms with Crippen molar-refractivity contribution < 1.29 is 19.2 Å². The van der Waals surface area contributed by atoms with Crippen molar-refractivity contribution in [3.63, 3.8) is 0 Å². The molecule has 1 aromatic heterocycles. The van der Waals surface area contributed by atoms with E-state index in [0.717, 1.165) is 13.1 Å². The molecule has 1 aromatic rings. The van der Waals surface area contributed by atoms with E-state index in [1.807, 2.05) is 0 Å². The summed E-state index contributed by atoms with van der Waals surface area (Å²) in [6.45, 7) is 3.00. The number of nitrogens with one attached hydrogen (secondary N) is 1. The molecule has 2 unspecified atom stereocenters. The zero-order chi connectivity index (χ0) is 15.5. The number of carbonyl (C=O) groups excluding carboxylic acids is 1. The maximum Gasteiger partial charge on any atom is 0.407 e. The van der Waals surface area contributed by atoms with Gasteiger partial charge in [-0.05, 0) is 12.8 Å². The topological polar surface area (TPSA) is 112 Å². The highest BCUT2D eigenvalue weighted by molar-refractivity contribution is 5.85. The molecule has 9 nitrogen and oxygen atoms in total. The summed E-state index contributed by atoms with van der Waals surface area (Å²) in [5, 5.41) is 19.7. The van der Waals surface area contributed by atoms with Gasteiger partial charge in [0.15, 0.2) is 5.76 Å². The Hall–Kier alpha value is -2.16. The molecule has 0 bridgehead atoms. The minimum absolute atomic E-state index is 0.0255. The molecule has 2 N–H and O–H groups in total. The SMILES string of the molecule is O=C(C1CC(c2cnno2)CCN1C(=O)O)N1CCNCC1. The van der Waals surface area contributed by atoms with E-state index in [-0.39, 0.29) is 11.8 Å². The Morgan fingerprint density at radius 1 is 1.32 bits per heavy atom. The van der Waals surface area contributed by atoms with Crippen LogP contribution in [0.5, 0.6) is 0 Å². The third-order valence-corrected chi connectivity index (χ3v) is 4.34. The van der Waals surface area contributed by atoms with Crippen LogP contribution in [0.3, 0.4) is 0 Å². The van der Waals surface area contributed by atoms with Crippen LogP contribution >= 0.6 is 0 Å². The first-order valence-corrected chi connectivity index (χ1v) is 7.43. The standard InChI is InChI=1S/C13H19N5O4/c19-12(17-5-2-14-3-6-17)10-7-9(11-8-15-16-22-11)1-4-18(10)13(20)21/h8-10,14H,1-7H2,(H,20,21). The van der Waals surface area contributed by atoms with Crippen molar-refractivity contribution in [2.24, 2.45) is 0 Å². The lowest BCUT2D eigenvalue weighted by Crippen LogP contribution is -2.57. The Balaban J connectivity index is 1.76. The number of amides is 2. The summed E-state index contributed by atoms with van der Waals surface area (Å²) in [6.07, 6.45) is 1.50. The fraction of sp³-hybridized carbons (Fsp3) is 0.692. The van der Waals surface area contributed by atoms with Gasteiger partial charge in [-0.2, -0.15) is 0 Å². The van der Waals surface area contributed by atoms with Crippen molar-refractivity contribution in [1.29, 1.82) is 0 Å². The highest BCUT2D eigenvalue weighted by atomic mass is 16.5. The minimum Gasteiger partial charge on any atom is -0.465 e. The number of piperidine rings is 1. The lowest BCUT2D eigenvalue weighted by atomic mass is 9.88. The first-order valence-electron chi connectivity index (χ1n) is 7.43. The van der Waals surface area contributed by atoms with Crippen LogP contribution in [0, 0.1) is 0 Å². The van der Waals surface area contributed by atoms with E-state index in [1.165, 1.54) is 11.1 Å². The number of hydrogen-bond acceptors (Lipinski definition) is 6. The normalized spacial score (nSPS) is 26.0. The third-order valence-electron chi connectivity index (χ3n) is 4.34. The quantitative estimate of drug-likeness (QED) is 0.773. The van der Waals surface area contributed by atoms with E-state index in [9.17, 15) is 14.7 Å². The molecule has 0 aliphatic carbocycles. The van der Waals surface area contributed by atoms with Gasteiger partial charge < -0.3 is 19.8 Å². The van der Waals surface area contributed by atoms with Gasteiger partial charge in [0, 0.05) is 43.9 Å². The van der Waals surface area contributed by atoms with Gasteiger partial charge in [-0.15, -0.1) is 5.10 Å². The Labute approximate surface area is 127 Å². The Morgan fingerprint density at radius 2 is 2.09 bits per heavy atom. The number of likely N-dealkylation sites (tertiary alicyclic amines) is 1. The second kappa shape index (κ2) is 6.30. The number of piperazine rings is 1. The van der Waals surface area contributed by atoms with Gasteiger partial charge >= 0.3 is 6.09 Å². The zero-order valence-electron chi connectivity index (χ0n) is 12.1. The van der Waals surface area contributed by atoms with Crippen LogP contribution in [0.2, 0.25) is 0 Å². The van der Waals surface area contributed by atoms with Crippen LogP contribution < -0.4 is 5.32 Å². The van der Waals surface area contributed by atoms with Gasteiger partial charge in [0.1, 0.15) is 6.04 Å². The van der Waals surface area contributed by atoms with Crippen molar-refractivity contribution >= 4 is 12.0 Å². The molecule has 120 valence electrons. The second-order valence-electron chi connectivity index (χ2n) is 5.61. The molecule has 2 amide bonds. The predicted octanol–water partition coefficient (Wildman–Crippen LogP) is -0.273. The van der Waals surface area contributed by atoms with E-state index in [4.69, 9.17) is 4.52 Å². The van der Waals surface area contributed by atoms with Gasteiger partial charge in [0.05, 0.1) is 6.20 Å². The van der Waals surface area contributed by atoms with Gasteiger partial charge in [-0.1, -0.05) is 0 Å². The van der Waals surface area contributed by atoms with E-state index in [2.05, 4.69) is 15.7 Å². The molecule has 2 saturated heterocycles. The third kappa shape index (κ3) is 2.89. The highest BCUT2D eigenvalue weighted by Crippen LogP contribution is 2.32. The molecular formula is C13H19N5O4. The molecule has 0 spiro atoms. The van der Waals surface area contributed by atoms with Crippen LogP contribution in [0.15, 0.2) is 10.7 Å². The van der Waals surface area contributed by atoms with Crippen molar-refractivity contribution in [3.05, 3.63) is 12.0 Å². The number of carboxylic acid groups (broad SMARTS) is 1. The van der Waals surface area contributed by atoms with Crippen molar-refractivity contribution in [2.75, 3.05) is 32.7 Å². The predicted molar refractivity (Wildman–Crippen MR) is 74.2 cm³/mol. The molecule has 0 radical (unpaired) electrons. The molecule has 22 heavy (non-hydrogen) atoms. The number of rotatable bonds is 2. The van der Waals surface area contributed by atoms with E-state index in [1.54, 1.807) is 4.90 Å². The maximum absolute atomic E-state index is 12.7. The molecule has 2 atom stereocenters. The second-order valence-corrected chi connectivity index (χ2v) is 5.61. The Kier molecular flexibility index (Phi) is 4.23. The van der Waals surface area contributed by atoms with Crippen LogP contribution in [-0.2, 0) is 4.79 Å². The summed E-state index contributed by atoms with van der Waals surface area (Å²) < 4.78 is 5.08. The lowest BCUT2D eigenvalue weighted by Gasteiger charge is -2.39. The summed E-state index contributed by atoms with van der Waals surface area (Å²) in [4.78, 5) is 27.1. The first-order chi connectivity index (χ1) is 10.7. The van der Waals surface area contributed by atoms with Crippen LogP contribution in [0.1, 0.15) is 24.5 Å². The van der Waals surface area contributed by atoms with Crippen molar-refractivity contribution in [3.8, 4) is 0 Å². The van der Waals surface area contributed by atoms with Crippen LogP contribution in [-0.4, -0.2) is 76.0 Å². The average Bonchev–Trinajstić information content (AvgIpc) is 3.09. The van der Waals surface area contributed by atoms with Crippen molar-refractivity contribution in [1.82, 2.24) is 25.5 Å². The van der Waals surface area contributed by atoms with E-state index >= 15 is 0 Å². The molecule has 3 rings (SSSR count). The van der Waals surface area contributed by atoms with Crippen molar-refractivity contribution in [2.45, 2.75) is 24.8 Å². The number of carbonyl (C=O) groups is 2. The molecular weight excluding hydrogens is 290 g/mol. The Bertz CT molecular complexity index is 529. The van der Waals surface area contributed by atoms with Crippen LogP contribution in [0.4, 0.5) is 4.79 Å². The van der Waals surface area contributed by atoms with Gasteiger partial charge in [0.25, 0.3) is 0 Å². The largest absolute Gasteiger partial charge is 0.465 e. The van der Waals surface area contributed by atoms with E-state index < -0.39 is 12.1 Å². The molecule has 2 fully saturated rings. The fourth-order valence-electron chi connectivity index (χ4n) is 3.14. The highest BCUT2D eigenvalue weighted by Gasteiger charge is 2.40. The monoisotopic (exact) mass is 309 g/mol. The maximum atomic E-state index is 12.7. The molecule has 3 heterocycles. The summed E-state index contributed by atoms with van der Waals surface area (Å²) in [6, 6.07) is -0.667.